The van der Waals surface area contributed by atoms with Crippen molar-refractivity contribution < 1.29 is 9.47 Å². The molecule has 98 valence electrons. The van der Waals surface area contributed by atoms with Gasteiger partial charge in [0.15, 0.2) is 11.5 Å². The molecule has 0 atom stereocenters. The molecule has 0 radical (unpaired) electrons. The average Bonchev–Trinajstić information content (AvgIpc) is 2.85. The fraction of sp³-hybridized carbons (Fsp3) is 0.286. The minimum atomic E-state index is 0.284. The van der Waals surface area contributed by atoms with Gasteiger partial charge in [0.25, 0.3) is 0 Å². The number of aryl methyl sites for hydroxylation is 1. The SMILES string of the molecule is CNCc1nc(C)cc(-c2ccc3c(c2)OCO3)n1. The summed E-state index contributed by atoms with van der Waals surface area (Å²) in [5.74, 6) is 2.34. The van der Waals surface area contributed by atoms with Gasteiger partial charge in [0, 0.05) is 11.3 Å². The highest BCUT2D eigenvalue weighted by Gasteiger charge is 2.14. The van der Waals surface area contributed by atoms with E-state index in [0.717, 1.165) is 34.3 Å². The lowest BCUT2D eigenvalue weighted by Crippen LogP contribution is -2.10. The Morgan fingerprint density at radius 3 is 2.84 bits per heavy atom. The maximum atomic E-state index is 5.39. The summed E-state index contributed by atoms with van der Waals surface area (Å²) in [6.45, 7) is 2.91. The van der Waals surface area contributed by atoms with Crippen LogP contribution in [0.15, 0.2) is 24.3 Å². The summed E-state index contributed by atoms with van der Waals surface area (Å²) in [7, 11) is 1.88. The maximum Gasteiger partial charge on any atom is 0.231 e. The van der Waals surface area contributed by atoms with Crippen LogP contribution in [0.25, 0.3) is 11.3 Å². The van der Waals surface area contributed by atoms with E-state index >= 15 is 0 Å². The normalized spacial score (nSPS) is 12.7. The first-order valence-corrected chi connectivity index (χ1v) is 6.15. The lowest BCUT2D eigenvalue weighted by atomic mass is 10.1. The van der Waals surface area contributed by atoms with Crippen molar-refractivity contribution in [1.29, 1.82) is 0 Å². The number of nitrogens with zero attached hydrogens (tertiary/aromatic N) is 2. The van der Waals surface area contributed by atoms with E-state index in [0.29, 0.717) is 6.54 Å². The Hall–Kier alpha value is -2.14. The zero-order valence-corrected chi connectivity index (χ0v) is 10.9. The fourth-order valence-corrected chi connectivity index (χ4v) is 2.07. The molecule has 1 aliphatic heterocycles. The number of ether oxygens (including phenoxy) is 2. The van der Waals surface area contributed by atoms with Gasteiger partial charge in [0.1, 0.15) is 5.82 Å². The number of hydrogen-bond acceptors (Lipinski definition) is 5. The number of fused-ring (bicyclic) bond motifs is 1. The second-order valence-electron chi connectivity index (χ2n) is 4.41. The predicted molar refractivity (Wildman–Crippen MR) is 71.1 cm³/mol. The van der Waals surface area contributed by atoms with Crippen molar-refractivity contribution in [2.45, 2.75) is 13.5 Å². The average molecular weight is 257 g/mol. The number of aromatic nitrogens is 2. The molecule has 1 aliphatic rings. The molecule has 0 saturated carbocycles. The van der Waals surface area contributed by atoms with E-state index in [-0.39, 0.29) is 6.79 Å². The first-order valence-electron chi connectivity index (χ1n) is 6.15. The van der Waals surface area contributed by atoms with Crippen molar-refractivity contribution in [3.63, 3.8) is 0 Å². The third kappa shape index (κ3) is 2.37. The minimum Gasteiger partial charge on any atom is -0.454 e. The van der Waals surface area contributed by atoms with Crippen molar-refractivity contribution in [3.05, 3.63) is 35.8 Å². The van der Waals surface area contributed by atoms with Crippen LogP contribution in [-0.4, -0.2) is 23.8 Å². The third-order valence-corrected chi connectivity index (χ3v) is 2.90. The molecule has 5 heteroatoms. The van der Waals surface area contributed by atoms with Crippen LogP contribution in [0.2, 0.25) is 0 Å². The van der Waals surface area contributed by atoms with E-state index in [1.54, 1.807) is 0 Å². The molecule has 19 heavy (non-hydrogen) atoms. The molecular formula is C14H15N3O2. The molecular weight excluding hydrogens is 242 g/mol. The molecule has 1 aromatic carbocycles. The van der Waals surface area contributed by atoms with Gasteiger partial charge in [-0.2, -0.15) is 0 Å². The molecule has 1 N–H and O–H groups in total. The molecule has 0 amide bonds. The molecule has 3 rings (SSSR count). The standard InChI is InChI=1S/C14H15N3O2/c1-9-5-11(17-14(16-9)7-15-2)10-3-4-12-13(6-10)19-8-18-12/h3-6,15H,7-8H2,1-2H3. The van der Waals surface area contributed by atoms with Gasteiger partial charge < -0.3 is 14.8 Å². The van der Waals surface area contributed by atoms with Crippen LogP contribution in [0.3, 0.4) is 0 Å². The summed E-state index contributed by atoms with van der Waals surface area (Å²) < 4.78 is 10.7. The smallest absolute Gasteiger partial charge is 0.231 e. The van der Waals surface area contributed by atoms with Gasteiger partial charge >= 0.3 is 0 Å². The van der Waals surface area contributed by atoms with Crippen molar-refractivity contribution in [1.82, 2.24) is 15.3 Å². The Labute approximate surface area is 111 Å². The summed E-state index contributed by atoms with van der Waals surface area (Å²) in [4.78, 5) is 8.94. The van der Waals surface area contributed by atoms with Crippen molar-refractivity contribution in [2.24, 2.45) is 0 Å². The highest BCUT2D eigenvalue weighted by atomic mass is 16.7. The molecule has 0 spiro atoms. The van der Waals surface area contributed by atoms with Gasteiger partial charge in [0.05, 0.1) is 12.2 Å². The van der Waals surface area contributed by atoms with Crippen LogP contribution in [0.4, 0.5) is 0 Å². The Balaban J connectivity index is 2.01. The van der Waals surface area contributed by atoms with Crippen molar-refractivity contribution in [3.8, 4) is 22.8 Å². The Morgan fingerprint density at radius 2 is 2.00 bits per heavy atom. The summed E-state index contributed by atoms with van der Waals surface area (Å²) in [6.07, 6.45) is 0. The molecule has 0 saturated heterocycles. The van der Waals surface area contributed by atoms with E-state index in [1.807, 2.05) is 38.2 Å². The third-order valence-electron chi connectivity index (χ3n) is 2.90. The Kier molecular flexibility index (Phi) is 3.05. The van der Waals surface area contributed by atoms with Gasteiger partial charge in [-0.05, 0) is 38.2 Å². The summed E-state index contributed by atoms with van der Waals surface area (Å²) in [6, 6.07) is 7.81. The van der Waals surface area contributed by atoms with Gasteiger partial charge in [-0.3, -0.25) is 0 Å². The van der Waals surface area contributed by atoms with E-state index in [1.165, 1.54) is 0 Å². The maximum absolute atomic E-state index is 5.39. The summed E-state index contributed by atoms with van der Waals surface area (Å²) >= 11 is 0. The topological polar surface area (TPSA) is 56.3 Å². The van der Waals surface area contributed by atoms with Crippen molar-refractivity contribution >= 4 is 0 Å². The monoisotopic (exact) mass is 257 g/mol. The molecule has 0 aliphatic carbocycles. The summed E-state index contributed by atoms with van der Waals surface area (Å²) in [5, 5.41) is 3.06. The van der Waals surface area contributed by atoms with Crippen LogP contribution in [-0.2, 0) is 6.54 Å². The van der Waals surface area contributed by atoms with Gasteiger partial charge in [-0.15, -0.1) is 0 Å². The van der Waals surface area contributed by atoms with E-state index in [2.05, 4.69) is 15.3 Å². The van der Waals surface area contributed by atoms with Gasteiger partial charge in [-0.1, -0.05) is 0 Å². The second-order valence-corrected chi connectivity index (χ2v) is 4.41. The number of rotatable bonds is 3. The number of benzene rings is 1. The van der Waals surface area contributed by atoms with Crippen molar-refractivity contribution in [2.75, 3.05) is 13.8 Å². The quantitative estimate of drug-likeness (QED) is 0.910. The van der Waals surface area contributed by atoms with Crippen LogP contribution < -0.4 is 14.8 Å². The number of hydrogen-bond donors (Lipinski definition) is 1. The van der Waals surface area contributed by atoms with Gasteiger partial charge in [0.2, 0.25) is 6.79 Å². The zero-order valence-electron chi connectivity index (χ0n) is 10.9. The van der Waals surface area contributed by atoms with Crippen LogP contribution in [0.5, 0.6) is 11.5 Å². The Bertz CT molecular complexity index is 614. The second kappa shape index (κ2) is 4.85. The predicted octanol–water partition coefficient (Wildman–Crippen LogP) is 1.90. The van der Waals surface area contributed by atoms with Crippen LogP contribution >= 0.6 is 0 Å². The molecule has 0 fully saturated rings. The highest BCUT2D eigenvalue weighted by Crippen LogP contribution is 2.35. The van der Waals surface area contributed by atoms with E-state index < -0.39 is 0 Å². The first kappa shape index (κ1) is 11.9. The van der Waals surface area contributed by atoms with Crippen LogP contribution in [0, 0.1) is 6.92 Å². The number of nitrogens with one attached hydrogen (secondary N) is 1. The first-order chi connectivity index (χ1) is 9.26. The minimum absolute atomic E-state index is 0.284. The molecule has 0 unspecified atom stereocenters. The summed E-state index contributed by atoms with van der Waals surface area (Å²) in [5.41, 5.74) is 2.86. The molecule has 0 bridgehead atoms. The zero-order chi connectivity index (χ0) is 13.2. The van der Waals surface area contributed by atoms with Crippen LogP contribution in [0.1, 0.15) is 11.5 Å². The largest absolute Gasteiger partial charge is 0.454 e. The van der Waals surface area contributed by atoms with Gasteiger partial charge in [-0.25, -0.2) is 9.97 Å². The highest BCUT2D eigenvalue weighted by molar-refractivity contribution is 5.64. The Morgan fingerprint density at radius 1 is 1.16 bits per heavy atom. The molecule has 1 aromatic heterocycles. The lowest BCUT2D eigenvalue weighted by Gasteiger charge is -2.06. The van der Waals surface area contributed by atoms with E-state index in [9.17, 15) is 0 Å². The molecule has 5 nitrogen and oxygen atoms in total. The molecule has 2 aromatic rings. The molecule has 2 heterocycles. The van der Waals surface area contributed by atoms with E-state index in [4.69, 9.17) is 9.47 Å². The lowest BCUT2D eigenvalue weighted by molar-refractivity contribution is 0.174. The fourth-order valence-electron chi connectivity index (χ4n) is 2.07.